The van der Waals surface area contributed by atoms with Gasteiger partial charge >= 0.3 is 0 Å². The highest BCUT2D eigenvalue weighted by molar-refractivity contribution is 8.01. The number of carbonyl (C=O) groups is 1. The maximum Gasteiger partial charge on any atom is 0.230 e. The van der Waals surface area contributed by atoms with E-state index in [2.05, 4.69) is 52.7 Å². The van der Waals surface area contributed by atoms with Gasteiger partial charge in [0.25, 0.3) is 0 Å². The number of hydrogen-bond donors (Lipinski definition) is 1. The molecule has 3 aromatic rings. The van der Waals surface area contributed by atoms with Gasteiger partial charge in [-0.15, -0.1) is 11.3 Å². The van der Waals surface area contributed by atoms with E-state index in [4.69, 9.17) is 0 Å². The number of thioether (sulfide) groups is 1. The lowest BCUT2D eigenvalue weighted by Crippen LogP contribution is -2.27. The Labute approximate surface area is 168 Å². The minimum atomic E-state index is 0.0421. The fourth-order valence-corrected chi connectivity index (χ4v) is 4.38. The first-order valence-corrected chi connectivity index (χ1v) is 10.8. The molecule has 0 saturated heterocycles. The molecule has 0 fully saturated rings. The number of nitrogens with zero attached hydrogens (tertiary/aromatic N) is 3. The molecule has 0 saturated carbocycles. The number of benzene rings is 1. The highest BCUT2D eigenvalue weighted by atomic mass is 32.2. The average Bonchev–Trinajstić information content (AvgIpc) is 3.24. The van der Waals surface area contributed by atoms with E-state index in [1.165, 1.54) is 17.3 Å². The second kappa shape index (κ2) is 9.19. The van der Waals surface area contributed by atoms with E-state index in [-0.39, 0.29) is 5.91 Å². The summed E-state index contributed by atoms with van der Waals surface area (Å²) in [5.74, 6) is 0.432. The molecule has 0 aliphatic rings. The first-order valence-electron chi connectivity index (χ1n) is 8.94. The van der Waals surface area contributed by atoms with Crippen LogP contribution in [-0.2, 0) is 11.3 Å². The third kappa shape index (κ3) is 5.68. The van der Waals surface area contributed by atoms with E-state index in [1.807, 2.05) is 23.9 Å². The zero-order chi connectivity index (χ0) is 19.2. The van der Waals surface area contributed by atoms with Gasteiger partial charge in [-0.1, -0.05) is 41.6 Å². The van der Waals surface area contributed by atoms with Crippen LogP contribution in [0.3, 0.4) is 0 Å². The fourth-order valence-electron chi connectivity index (χ4n) is 2.72. The summed E-state index contributed by atoms with van der Waals surface area (Å²) in [5.41, 5.74) is 5.49. The summed E-state index contributed by atoms with van der Waals surface area (Å²) in [5, 5.41) is 9.44. The molecule has 0 spiro atoms. The number of rotatable bonds is 8. The Balaban J connectivity index is 1.39. The van der Waals surface area contributed by atoms with Crippen molar-refractivity contribution in [3.8, 4) is 11.3 Å². The van der Waals surface area contributed by atoms with Gasteiger partial charge in [-0.25, -0.2) is 4.98 Å². The van der Waals surface area contributed by atoms with Crippen molar-refractivity contribution < 1.29 is 4.79 Å². The van der Waals surface area contributed by atoms with E-state index < -0.39 is 0 Å². The largest absolute Gasteiger partial charge is 0.355 e. The number of aryl methyl sites for hydroxylation is 4. The van der Waals surface area contributed by atoms with Crippen molar-refractivity contribution in [1.29, 1.82) is 0 Å². The molecule has 27 heavy (non-hydrogen) atoms. The van der Waals surface area contributed by atoms with Crippen LogP contribution in [0.15, 0.2) is 40.1 Å². The van der Waals surface area contributed by atoms with Crippen molar-refractivity contribution in [2.45, 2.75) is 38.1 Å². The Morgan fingerprint density at radius 2 is 2.00 bits per heavy atom. The molecule has 7 heteroatoms. The van der Waals surface area contributed by atoms with Crippen LogP contribution in [0, 0.1) is 20.8 Å². The van der Waals surface area contributed by atoms with Gasteiger partial charge in [0.05, 0.1) is 17.1 Å². The van der Waals surface area contributed by atoms with Crippen molar-refractivity contribution >= 4 is 29.0 Å². The second-order valence-electron chi connectivity index (χ2n) is 6.51. The molecule has 142 valence electrons. The molecular weight excluding hydrogens is 376 g/mol. The molecule has 0 aliphatic carbocycles. The molecular formula is C20H24N4OS2. The minimum Gasteiger partial charge on any atom is -0.355 e. The zero-order valence-electron chi connectivity index (χ0n) is 15.9. The number of nitrogens with one attached hydrogen (secondary N) is 1. The lowest BCUT2D eigenvalue weighted by Gasteiger charge is -2.06. The first-order chi connectivity index (χ1) is 13.0. The zero-order valence-corrected chi connectivity index (χ0v) is 17.5. The molecule has 5 nitrogen and oxygen atoms in total. The van der Waals surface area contributed by atoms with E-state index in [9.17, 15) is 4.79 Å². The van der Waals surface area contributed by atoms with E-state index >= 15 is 0 Å². The second-order valence-corrected chi connectivity index (χ2v) is 8.59. The van der Waals surface area contributed by atoms with Gasteiger partial charge in [-0.05, 0) is 33.3 Å². The normalized spacial score (nSPS) is 10.9. The molecule has 0 aliphatic heterocycles. The molecule has 0 unspecified atom stereocenters. The van der Waals surface area contributed by atoms with Crippen LogP contribution in [0.25, 0.3) is 11.3 Å². The Kier molecular flexibility index (Phi) is 6.68. The van der Waals surface area contributed by atoms with Gasteiger partial charge in [-0.3, -0.25) is 9.48 Å². The molecule has 2 aromatic heterocycles. The maximum absolute atomic E-state index is 12.0. The molecule has 2 heterocycles. The number of aromatic nitrogens is 3. The molecule has 1 aromatic carbocycles. The first kappa shape index (κ1) is 19.6. The van der Waals surface area contributed by atoms with Gasteiger partial charge < -0.3 is 5.32 Å². The summed E-state index contributed by atoms with van der Waals surface area (Å²) >= 11 is 3.07. The quantitative estimate of drug-likeness (QED) is 0.454. The van der Waals surface area contributed by atoms with Crippen molar-refractivity contribution in [3.63, 3.8) is 0 Å². The van der Waals surface area contributed by atoms with Crippen LogP contribution in [0.4, 0.5) is 0 Å². The van der Waals surface area contributed by atoms with Crippen molar-refractivity contribution in [1.82, 2.24) is 20.1 Å². The van der Waals surface area contributed by atoms with Gasteiger partial charge in [-0.2, -0.15) is 5.10 Å². The van der Waals surface area contributed by atoms with Gasteiger partial charge in [0.15, 0.2) is 4.34 Å². The highest BCUT2D eigenvalue weighted by Crippen LogP contribution is 2.28. The van der Waals surface area contributed by atoms with Crippen molar-refractivity contribution in [3.05, 3.63) is 52.7 Å². The monoisotopic (exact) mass is 400 g/mol. The Morgan fingerprint density at radius 3 is 2.70 bits per heavy atom. The van der Waals surface area contributed by atoms with Gasteiger partial charge in [0.2, 0.25) is 5.91 Å². The van der Waals surface area contributed by atoms with Gasteiger partial charge in [0, 0.05) is 29.7 Å². The van der Waals surface area contributed by atoms with Crippen LogP contribution in [-0.4, -0.2) is 33.0 Å². The summed E-state index contributed by atoms with van der Waals surface area (Å²) in [6.45, 7) is 7.59. The number of amides is 1. The summed E-state index contributed by atoms with van der Waals surface area (Å²) in [6.07, 6.45) is 0.868. The van der Waals surface area contributed by atoms with Crippen LogP contribution >= 0.6 is 23.1 Å². The third-order valence-electron chi connectivity index (χ3n) is 4.13. The molecule has 0 radical (unpaired) electrons. The average molecular weight is 401 g/mol. The highest BCUT2D eigenvalue weighted by Gasteiger charge is 2.08. The SMILES string of the molecule is Cc1ccc(-c2csc(SCC(=O)NCCCn3nc(C)cc3C)n2)cc1. The number of carbonyl (C=O) groups excluding carboxylic acids is 1. The molecule has 3 rings (SSSR count). The maximum atomic E-state index is 12.0. The Morgan fingerprint density at radius 1 is 1.22 bits per heavy atom. The number of thiazole rings is 1. The summed E-state index contributed by atoms with van der Waals surface area (Å²) in [4.78, 5) is 16.7. The molecule has 0 atom stereocenters. The standard InChI is InChI=1S/C20H24N4OS2/c1-14-5-7-17(8-6-14)18-12-26-20(22-18)27-13-19(25)21-9-4-10-24-16(3)11-15(2)23-24/h5-8,11-12H,4,9-10,13H2,1-3H3,(H,21,25). The number of hydrogen-bond acceptors (Lipinski definition) is 5. The lowest BCUT2D eigenvalue weighted by molar-refractivity contribution is -0.118. The van der Waals surface area contributed by atoms with E-state index in [0.29, 0.717) is 12.3 Å². The molecule has 1 amide bonds. The van der Waals surface area contributed by atoms with Crippen LogP contribution in [0.5, 0.6) is 0 Å². The summed E-state index contributed by atoms with van der Waals surface area (Å²) < 4.78 is 2.90. The summed E-state index contributed by atoms with van der Waals surface area (Å²) in [7, 11) is 0. The van der Waals surface area contributed by atoms with E-state index in [1.54, 1.807) is 11.3 Å². The van der Waals surface area contributed by atoms with Crippen LogP contribution in [0.2, 0.25) is 0 Å². The minimum absolute atomic E-state index is 0.0421. The van der Waals surface area contributed by atoms with Gasteiger partial charge in [0.1, 0.15) is 0 Å². The molecule has 1 N–H and O–H groups in total. The Hall–Kier alpha value is -2.12. The van der Waals surface area contributed by atoms with Crippen LogP contribution in [0.1, 0.15) is 23.4 Å². The van der Waals surface area contributed by atoms with Crippen molar-refractivity contribution in [2.24, 2.45) is 0 Å². The predicted octanol–water partition coefficient (Wildman–Crippen LogP) is 4.23. The van der Waals surface area contributed by atoms with E-state index in [0.717, 1.165) is 40.0 Å². The predicted molar refractivity (Wildman–Crippen MR) is 112 cm³/mol. The Bertz CT molecular complexity index is 899. The molecule has 0 bridgehead atoms. The lowest BCUT2D eigenvalue weighted by atomic mass is 10.1. The van der Waals surface area contributed by atoms with Crippen LogP contribution < -0.4 is 5.32 Å². The topological polar surface area (TPSA) is 59.8 Å². The third-order valence-corrected chi connectivity index (χ3v) is 6.15. The summed E-state index contributed by atoms with van der Waals surface area (Å²) in [6, 6.07) is 10.4. The smallest absolute Gasteiger partial charge is 0.230 e. The van der Waals surface area contributed by atoms with Crippen molar-refractivity contribution in [2.75, 3.05) is 12.3 Å². The fraction of sp³-hybridized carbons (Fsp3) is 0.350.